The standard InChI is InChI=1S/C9H10ClN3O/c1-6-11-12-9(14)13(6)8-4-2-7(10)3-5-8/h2-6,11H,1H3,(H,12,14). The molecule has 1 saturated heterocycles. The Bertz CT molecular complexity index is 352. The normalized spacial score (nSPS) is 21.1. The first kappa shape index (κ1) is 9.30. The number of carbonyl (C=O) groups excluding carboxylic acids is 1. The maximum absolute atomic E-state index is 11.4. The summed E-state index contributed by atoms with van der Waals surface area (Å²) >= 11 is 5.76. The van der Waals surface area contributed by atoms with Crippen molar-refractivity contribution >= 4 is 23.3 Å². The summed E-state index contributed by atoms with van der Waals surface area (Å²) < 4.78 is 0. The zero-order valence-corrected chi connectivity index (χ0v) is 8.38. The molecule has 74 valence electrons. The van der Waals surface area contributed by atoms with Gasteiger partial charge in [-0.05, 0) is 31.2 Å². The number of nitrogens with zero attached hydrogens (tertiary/aromatic N) is 1. The van der Waals surface area contributed by atoms with Crippen molar-refractivity contribution in [1.29, 1.82) is 0 Å². The molecule has 0 aromatic heterocycles. The van der Waals surface area contributed by atoms with Gasteiger partial charge in [0.1, 0.15) is 6.17 Å². The van der Waals surface area contributed by atoms with Gasteiger partial charge in [-0.15, -0.1) is 0 Å². The molecular formula is C9H10ClN3O. The molecule has 1 fully saturated rings. The van der Waals surface area contributed by atoms with E-state index in [1.54, 1.807) is 17.0 Å². The molecule has 14 heavy (non-hydrogen) atoms. The maximum Gasteiger partial charge on any atom is 0.337 e. The van der Waals surface area contributed by atoms with E-state index < -0.39 is 0 Å². The highest BCUT2D eigenvalue weighted by atomic mass is 35.5. The maximum atomic E-state index is 11.4. The highest BCUT2D eigenvalue weighted by Gasteiger charge is 2.27. The van der Waals surface area contributed by atoms with Crippen LogP contribution in [-0.2, 0) is 0 Å². The molecule has 1 aliphatic heterocycles. The number of halogens is 1. The minimum Gasteiger partial charge on any atom is -0.276 e. The minimum atomic E-state index is -0.153. The lowest BCUT2D eigenvalue weighted by molar-refractivity contribution is 0.250. The third kappa shape index (κ3) is 1.54. The fourth-order valence-corrected chi connectivity index (χ4v) is 1.54. The highest BCUT2D eigenvalue weighted by Crippen LogP contribution is 2.20. The number of urea groups is 1. The quantitative estimate of drug-likeness (QED) is 0.743. The van der Waals surface area contributed by atoms with E-state index in [9.17, 15) is 4.79 Å². The van der Waals surface area contributed by atoms with Gasteiger partial charge in [-0.25, -0.2) is 10.2 Å². The van der Waals surface area contributed by atoms with Crippen LogP contribution in [0.25, 0.3) is 0 Å². The molecule has 1 aromatic rings. The minimum absolute atomic E-state index is 0.0522. The van der Waals surface area contributed by atoms with Gasteiger partial charge in [0.2, 0.25) is 0 Å². The van der Waals surface area contributed by atoms with E-state index in [2.05, 4.69) is 10.9 Å². The Labute approximate surface area is 86.8 Å². The SMILES string of the molecule is CC1NNC(=O)N1c1ccc(Cl)cc1. The van der Waals surface area contributed by atoms with Crippen LogP contribution in [0, 0.1) is 0 Å². The lowest BCUT2D eigenvalue weighted by Crippen LogP contribution is -2.34. The monoisotopic (exact) mass is 211 g/mol. The lowest BCUT2D eigenvalue weighted by Gasteiger charge is -2.18. The second-order valence-electron chi connectivity index (χ2n) is 3.10. The van der Waals surface area contributed by atoms with Crippen molar-refractivity contribution < 1.29 is 4.79 Å². The average Bonchev–Trinajstić information content (AvgIpc) is 2.49. The first-order chi connectivity index (χ1) is 6.68. The second-order valence-corrected chi connectivity index (χ2v) is 3.53. The predicted molar refractivity (Wildman–Crippen MR) is 55.1 cm³/mol. The lowest BCUT2D eigenvalue weighted by atomic mass is 10.3. The number of amides is 2. The summed E-state index contributed by atoms with van der Waals surface area (Å²) in [6, 6.07) is 6.99. The Morgan fingerprint density at radius 3 is 2.50 bits per heavy atom. The summed E-state index contributed by atoms with van der Waals surface area (Å²) in [5.74, 6) is 0. The van der Waals surface area contributed by atoms with Gasteiger partial charge >= 0.3 is 6.03 Å². The summed E-state index contributed by atoms with van der Waals surface area (Å²) in [6.45, 7) is 1.90. The third-order valence-electron chi connectivity index (χ3n) is 2.10. The molecule has 0 spiro atoms. The van der Waals surface area contributed by atoms with Gasteiger partial charge in [0.05, 0.1) is 0 Å². The highest BCUT2D eigenvalue weighted by molar-refractivity contribution is 6.30. The predicted octanol–water partition coefficient (Wildman–Crippen LogP) is 1.72. The van der Waals surface area contributed by atoms with Crippen molar-refractivity contribution in [2.45, 2.75) is 13.1 Å². The van der Waals surface area contributed by atoms with Gasteiger partial charge in [-0.2, -0.15) is 0 Å². The molecule has 2 amide bonds. The van der Waals surface area contributed by atoms with Crippen LogP contribution in [-0.4, -0.2) is 12.2 Å². The third-order valence-corrected chi connectivity index (χ3v) is 2.35. The van der Waals surface area contributed by atoms with E-state index in [0.29, 0.717) is 5.02 Å². The molecule has 5 heteroatoms. The number of benzene rings is 1. The molecule has 0 bridgehead atoms. The van der Waals surface area contributed by atoms with Crippen molar-refractivity contribution in [1.82, 2.24) is 10.9 Å². The number of hydrogen-bond donors (Lipinski definition) is 2. The smallest absolute Gasteiger partial charge is 0.276 e. The summed E-state index contributed by atoms with van der Waals surface area (Å²) in [6.07, 6.45) is -0.0522. The molecule has 1 atom stereocenters. The molecular weight excluding hydrogens is 202 g/mol. The molecule has 0 radical (unpaired) electrons. The Balaban J connectivity index is 2.30. The Kier molecular flexibility index (Phi) is 2.31. The van der Waals surface area contributed by atoms with Crippen molar-refractivity contribution in [3.63, 3.8) is 0 Å². The van der Waals surface area contributed by atoms with E-state index in [1.165, 1.54) is 0 Å². The molecule has 1 heterocycles. The second kappa shape index (κ2) is 3.48. The number of hydrogen-bond acceptors (Lipinski definition) is 2. The van der Waals surface area contributed by atoms with E-state index in [0.717, 1.165) is 5.69 Å². The zero-order chi connectivity index (χ0) is 10.1. The van der Waals surface area contributed by atoms with Gasteiger partial charge in [-0.3, -0.25) is 10.3 Å². The van der Waals surface area contributed by atoms with E-state index >= 15 is 0 Å². The van der Waals surface area contributed by atoms with Gasteiger partial charge in [0, 0.05) is 10.7 Å². The Morgan fingerprint density at radius 1 is 1.36 bits per heavy atom. The Morgan fingerprint density at radius 2 is 2.00 bits per heavy atom. The van der Waals surface area contributed by atoms with Crippen molar-refractivity contribution in [3.05, 3.63) is 29.3 Å². The molecule has 4 nitrogen and oxygen atoms in total. The van der Waals surface area contributed by atoms with Crippen LogP contribution in [0.1, 0.15) is 6.92 Å². The first-order valence-electron chi connectivity index (χ1n) is 4.29. The van der Waals surface area contributed by atoms with Crippen molar-refractivity contribution in [2.24, 2.45) is 0 Å². The summed E-state index contributed by atoms with van der Waals surface area (Å²) in [5.41, 5.74) is 6.19. The van der Waals surface area contributed by atoms with Gasteiger partial charge in [-0.1, -0.05) is 11.6 Å². The van der Waals surface area contributed by atoms with Crippen LogP contribution < -0.4 is 15.8 Å². The van der Waals surface area contributed by atoms with Gasteiger partial charge in [0.15, 0.2) is 0 Å². The molecule has 0 aliphatic carbocycles. The molecule has 2 rings (SSSR count). The molecule has 0 saturated carbocycles. The van der Waals surface area contributed by atoms with Crippen LogP contribution in [0.4, 0.5) is 10.5 Å². The fourth-order valence-electron chi connectivity index (χ4n) is 1.41. The summed E-state index contributed by atoms with van der Waals surface area (Å²) in [5, 5.41) is 0.661. The van der Waals surface area contributed by atoms with Crippen LogP contribution in [0.15, 0.2) is 24.3 Å². The molecule has 1 aromatic carbocycles. The molecule has 1 aliphatic rings. The van der Waals surface area contributed by atoms with Crippen LogP contribution in [0.3, 0.4) is 0 Å². The fraction of sp³-hybridized carbons (Fsp3) is 0.222. The van der Waals surface area contributed by atoms with Crippen LogP contribution in [0.5, 0.6) is 0 Å². The van der Waals surface area contributed by atoms with Gasteiger partial charge in [0.25, 0.3) is 0 Å². The topological polar surface area (TPSA) is 44.4 Å². The number of anilines is 1. The zero-order valence-electron chi connectivity index (χ0n) is 7.62. The average molecular weight is 212 g/mol. The Hall–Kier alpha value is -1.26. The first-order valence-corrected chi connectivity index (χ1v) is 4.66. The summed E-state index contributed by atoms with van der Waals surface area (Å²) in [7, 11) is 0. The van der Waals surface area contributed by atoms with Crippen LogP contribution in [0.2, 0.25) is 5.02 Å². The number of rotatable bonds is 1. The molecule has 2 N–H and O–H groups in total. The summed E-state index contributed by atoms with van der Waals surface area (Å²) in [4.78, 5) is 13.0. The van der Waals surface area contributed by atoms with E-state index in [4.69, 9.17) is 11.6 Å². The van der Waals surface area contributed by atoms with E-state index in [-0.39, 0.29) is 12.2 Å². The number of nitrogens with one attached hydrogen (secondary N) is 2. The van der Waals surface area contributed by atoms with Crippen molar-refractivity contribution in [3.8, 4) is 0 Å². The largest absolute Gasteiger partial charge is 0.337 e. The number of carbonyl (C=O) groups is 1. The van der Waals surface area contributed by atoms with Gasteiger partial charge < -0.3 is 0 Å². The van der Waals surface area contributed by atoms with Crippen LogP contribution >= 0.6 is 11.6 Å². The van der Waals surface area contributed by atoms with E-state index in [1.807, 2.05) is 19.1 Å². The number of hydrazine groups is 1. The molecule has 1 unspecified atom stereocenters. The van der Waals surface area contributed by atoms with Crippen molar-refractivity contribution in [2.75, 3.05) is 4.90 Å².